The van der Waals surface area contributed by atoms with Crippen molar-refractivity contribution in [3.05, 3.63) is 209 Å². The van der Waals surface area contributed by atoms with Gasteiger partial charge in [0, 0.05) is 5.56 Å². The zero-order chi connectivity index (χ0) is 54.6. The lowest BCUT2D eigenvalue weighted by atomic mass is 9.98. The number of benzene rings is 6. The Morgan fingerprint density at radius 2 is 0.500 bits per heavy atom. The van der Waals surface area contributed by atoms with Crippen LogP contribution in [0.5, 0.6) is 0 Å². The van der Waals surface area contributed by atoms with E-state index < -0.39 is 81.6 Å². The first-order chi connectivity index (χ1) is 31.7. The number of alkyl halides is 12. The highest BCUT2D eigenvalue weighted by atomic mass is 19.4. The minimum absolute atomic E-state index is 0.0646. The van der Waals surface area contributed by atoms with Gasteiger partial charge in [0.25, 0.3) is 0 Å². The van der Waals surface area contributed by atoms with E-state index in [4.69, 9.17) is 0 Å². The molecule has 0 saturated heterocycles. The molecule has 0 unspecified atom stereocenters. The Morgan fingerprint density at radius 3 is 0.829 bits per heavy atom. The van der Waals surface area contributed by atoms with Crippen LogP contribution < -0.4 is 0 Å². The summed E-state index contributed by atoms with van der Waals surface area (Å²) in [6.07, 6.45) is -18.2. The molecule has 0 bridgehead atoms. The maximum Gasteiger partial charge on any atom is 0.416 e. The largest absolute Gasteiger partial charge is 0.416 e. The smallest absolute Gasteiger partial charge is 0.207 e. The molecule has 0 fully saturated rings. The lowest BCUT2D eigenvalue weighted by Gasteiger charge is -2.17. The predicted octanol–water partition coefficient (Wildman–Crippen LogP) is 18.7. The van der Waals surface area contributed by atoms with E-state index >= 15 is 0 Å². The van der Waals surface area contributed by atoms with Crippen molar-refractivity contribution in [1.29, 1.82) is 0 Å². The summed E-state index contributed by atoms with van der Waals surface area (Å²) in [4.78, 5) is 0. The third kappa shape index (κ3) is 19.5. The summed E-state index contributed by atoms with van der Waals surface area (Å²) < 4.78 is 224. The summed E-state index contributed by atoms with van der Waals surface area (Å²) in [5.74, 6) is -3.35. The van der Waals surface area contributed by atoms with E-state index in [1.165, 1.54) is 65.8 Å². The molecule has 6 rings (SSSR count). The van der Waals surface area contributed by atoms with Crippen molar-refractivity contribution in [2.24, 2.45) is 0 Å². The average molecular weight is 1020 g/mol. The molecule has 0 aliphatic heterocycles. The number of rotatable bonds is 0. The molecule has 0 aliphatic carbocycles. The lowest BCUT2D eigenvalue weighted by molar-refractivity contribution is -0.144. The van der Waals surface area contributed by atoms with E-state index in [9.17, 15) is 79.0 Å². The highest BCUT2D eigenvalue weighted by molar-refractivity contribution is 5.41. The third-order valence-electron chi connectivity index (χ3n) is 9.88. The highest BCUT2D eigenvalue weighted by Gasteiger charge is 2.39. The molecule has 0 aromatic heterocycles. The van der Waals surface area contributed by atoms with Gasteiger partial charge in [-0.05, 0) is 187 Å². The number of hydrogen-bond donors (Lipinski definition) is 0. The molecule has 0 nitrogen and oxygen atoms in total. The Balaban J connectivity index is 0.000000424. The van der Waals surface area contributed by atoms with Crippen molar-refractivity contribution in [3.63, 3.8) is 0 Å². The van der Waals surface area contributed by atoms with Crippen molar-refractivity contribution in [2.75, 3.05) is 0 Å². The SMILES string of the molecule is Cc1cc(C(F)(F)F)c(C)c(C(F)(F)F)c1.Cc1cc(F)c(C)c(C(F)(F)F)c1.Cc1cc(F)c(C)c(F)c1.Cc1ccc(C)c(C(F)(F)F)c1.Cc1ccc(C)c(F)c1.Cc1ccc(C)c(F)c1F. The van der Waals surface area contributed by atoms with E-state index in [1.54, 1.807) is 45.0 Å². The van der Waals surface area contributed by atoms with Crippen LogP contribution in [0.3, 0.4) is 0 Å². The summed E-state index contributed by atoms with van der Waals surface area (Å²) in [6.45, 7) is 17.5. The second kappa shape index (κ2) is 25.3. The Kier molecular flexibility index (Phi) is 22.4. The first kappa shape index (κ1) is 62.1. The first-order valence-electron chi connectivity index (χ1n) is 20.5. The summed E-state index contributed by atoms with van der Waals surface area (Å²) in [5, 5.41) is 0. The molecule has 0 aliphatic rings. The van der Waals surface area contributed by atoms with Gasteiger partial charge < -0.3 is 0 Å². The van der Waals surface area contributed by atoms with Crippen LogP contribution in [-0.4, -0.2) is 0 Å². The fraction of sp³-hybridized carbons (Fsp3) is 0.308. The second-order valence-electron chi connectivity index (χ2n) is 16.1. The molecule has 6 aromatic carbocycles. The fourth-order valence-electron chi connectivity index (χ4n) is 5.81. The van der Waals surface area contributed by atoms with Gasteiger partial charge in [0.1, 0.15) is 23.3 Å². The first-order valence-corrected chi connectivity index (χ1v) is 20.5. The molecule has 0 saturated carbocycles. The van der Waals surface area contributed by atoms with Crippen LogP contribution in [0, 0.1) is 118 Å². The van der Waals surface area contributed by atoms with Crippen molar-refractivity contribution in [3.8, 4) is 0 Å². The molecule has 384 valence electrons. The monoisotopic (exact) mass is 1020 g/mol. The Labute approximate surface area is 395 Å². The van der Waals surface area contributed by atoms with Gasteiger partial charge in [-0.3, -0.25) is 0 Å². The maximum absolute atomic E-state index is 12.9. The van der Waals surface area contributed by atoms with Gasteiger partial charge in [-0.15, -0.1) is 0 Å². The molecular weight excluding hydrogens is 967 g/mol. The average Bonchev–Trinajstić information content (AvgIpc) is 3.21. The maximum atomic E-state index is 12.9. The molecule has 18 heteroatoms. The normalized spacial score (nSPS) is 11.3. The fourth-order valence-corrected chi connectivity index (χ4v) is 5.81. The lowest BCUT2D eigenvalue weighted by Crippen LogP contribution is -2.15. The number of hydrogen-bond acceptors (Lipinski definition) is 0. The van der Waals surface area contributed by atoms with Crippen LogP contribution in [0.25, 0.3) is 0 Å². The van der Waals surface area contributed by atoms with E-state index in [-0.39, 0.29) is 33.6 Å². The van der Waals surface area contributed by atoms with Crippen LogP contribution >= 0.6 is 0 Å². The van der Waals surface area contributed by atoms with Crippen LogP contribution in [-0.2, 0) is 24.7 Å². The molecule has 0 radical (unpaired) electrons. The molecule has 0 N–H and O–H groups in total. The zero-order valence-electron chi connectivity index (χ0n) is 39.9. The summed E-state index contributed by atoms with van der Waals surface area (Å²) in [7, 11) is 0. The molecule has 0 spiro atoms. The third-order valence-corrected chi connectivity index (χ3v) is 9.88. The van der Waals surface area contributed by atoms with Crippen molar-refractivity contribution < 1.29 is 79.0 Å². The van der Waals surface area contributed by atoms with E-state index in [0.717, 1.165) is 37.6 Å². The van der Waals surface area contributed by atoms with Gasteiger partial charge in [-0.1, -0.05) is 42.0 Å². The highest BCUT2D eigenvalue weighted by Crippen LogP contribution is 2.40. The Hall–Kier alpha value is -5.94. The molecular formula is C52H50F18. The molecule has 6 aromatic rings. The molecule has 0 atom stereocenters. The summed E-state index contributed by atoms with van der Waals surface area (Å²) in [6, 6.07) is 18.8. The van der Waals surface area contributed by atoms with Gasteiger partial charge in [-0.25, -0.2) is 26.3 Å². The van der Waals surface area contributed by atoms with Crippen LogP contribution in [0.4, 0.5) is 79.0 Å². The minimum Gasteiger partial charge on any atom is -0.207 e. The van der Waals surface area contributed by atoms with Gasteiger partial charge in [0.2, 0.25) is 0 Å². The van der Waals surface area contributed by atoms with Crippen LogP contribution in [0.2, 0.25) is 0 Å². The quantitative estimate of drug-likeness (QED) is 0.133. The zero-order valence-corrected chi connectivity index (χ0v) is 39.9. The van der Waals surface area contributed by atoms with Crippen LogP contribution in [0.15, 0.2) is 84.9 Å². The van der Waals surface area contributed by atoms with E-state index in [1.807, 2.05) is 13.0 Å². The summed E-state index contributed by atoms with van der Waals surface area (Å²) >= 11 is 0. The summed E-state index contributed by atoms with van der Waals surface area (Å²) in [5.41, 5.74) is -0.853. The van der Waals surface area contributed by atoms with Gasteiger partial charge in [0.05, 0.1) is 22.3 Å². The Morgan fingerprint density at radius 1 is 0.243 bits per heavy atom. The van der Waals surface area contributed by atoms with Gasteiger partial charge in [0.15, 0.2) is 11.6 Å². The molecule has 0 amide bonds. The van der Waals surface area contributed by atoms with Gasteiger partial charge in [-0.2, -0.15) is 52.7 Å². The van der Waals surface area contributed by atoms with E-state index in [2.05, 4.69) is 0 Å². The number of aryl methyl sites for hydroxylation is 9. The van der Waals surface area contributed by atoms with E-state index in [0.29, 0.717) is 39.9 Å². The molecule has 70 heavy (non-hydrogen) atoms. The van der Waals surface area contributed by atoms with Crippen molar-refractivity contribution in [2.45, 2.75) is 108 Å². The molecule has 0 heterocycles. The van der Waals surface area contributed by atoms with Crippen LogP contribution in [0.1, 0.15) is 89.0 Å². The Bertz CT molecular complexity index is 2600. The topological polar surface area (TPSA) is 0 Å². The minimum atomic E-state index is -4.77. The standard InChI is InChI=1S/C10H8F6.C9H8F4.C9H9F3.2C8H8F2.C8H9F/c1-5-3-7(9(11,12)13)6(2)8(4-5)10(14,15)16;1-5-3-7(9(11,12)13)6(2)8(10)4-5;1-6-3-4-7(2)8(5-6)9(10,11)12;1-5-3-7(9)6(2)8(10)4-5;1-5-3-4-6(2)8(10)7(5)9;1-6-3-4-7(2)8(9)5-6/h3-4H,1-2H3;3-4H,1-2H3;3-5H,1-2H3;2*3-4H,1-2H3;3-5H,1-2H3. The van der Waals surface area contributed by atoms with Crippen molar-refractivity contribution >= 4 is 0 Å². The number of halogens is 18. The predicted molar refractivity (Wildman–Crippen MR) is 235 cm³/mol. The van der Waals surface area contributed by atoms with Crippen molar-refractivity contribution in [1.82, 2.24) is 0 Å². The van der Waals surface area contributed by atoms with Gasteiger partial charge >= 0.3 is 24.7 Å². The second-order valence-corrected chi connectivity index (χ2v) is 16.1.